The number of nitrogens with one attached hydrogen (secondary N) is 2. The summed E-state index contributed by atoms with van der Waals surface area (Å²) >= 11 is 4.68. The minimum atomic E-state index is -0.650. The van der Waals surface area contributed by atoms with Gasteiger partial charge < -0.3 is 19.9 Å². The first-order valence-electron chi connectivity index (χ1n) is 7.25. The van der Waals surface area contributed by atoms with Crippen LogP contribution in [0.25, 0.3) is 0 Å². The summed E-state index contributed by atoms with van der Waals surface area (Å²) in [5.74, 6) is 0.461. The summed E-state index contributed by atoms with van der Waals surface area (Å²) in [6, 6.07) is 5.11. The van der Waals surface area contributed by atoms with Crippen LogP contribution in [0.1, 0.15) is 13.8 Å². The molecule has 10 heteroatoms. The van der Waals surface area contributed by atoms with Crippen molar-refractivity contribution in [3.8, 4) is 11.5 Å². The van der Waals surface area contributed by atoms with E-state index < -0.39 is 5.97 Å². The van der Waals surface area contributed by atoms with Crippen molar-refractivity contribution in [3.05, 3.63) is 18.2 Å². The Bertz CT molecular complexity index is 690. The molecule has 0 radical (unpaired) electrons. The van der Waals surface area contributed by atoms with Gasteiger partial charge in [-0.25, -0.2) is 4.79 Å². The lowest BCUT2D eigenvalue weighted by Gasteiger charge is -2.11. The van der Waals surface area contributed by atoms with Crippen molar-refractivity contribution in [2.75, 3.05) is 26.3 Å². The second-order valence-corrected chi connectivity index (χ2v) is 4.97. The topological polar surface area (TPSA) is 120 Å². The normalized spacial score (nSPS) is 11.5. The molecule has 0 aliphatic carbocycles. The van der Waals surface area contributed by atoms with E-state index in [0.717, 1.165) is 0 Å². The van der Waals surface area contributed by atoms with Crippen LogP contribution >= 0.6 is 12.2 Å². The van der Waals surface area contributed by atoms with Crippen LogP contribution in [0.3, 0.4) is 0 Å². The van der Waals surface area contributed by atoms with Gasteiger partial charge in [-0.3, -0.25) is 10.9 Å². The maximum atomic E-state index is 12.1. The Morgan fingerprint density at radius 3 is 2.56 bits per heavy atom. The third-order valence-corrected chi connectivity index (χ3v) is 2.93. The Kier molecular flexibility index (Phi) is 8.13. The van der Waals surface area contributed by atoms with Crippen molar-refractivity contribution in [2.45, 2.75) is 13.8 Å². The van der Waals surface area contributed by atoms with E-state index >= 15 is 0 Å². The number of nitrogens with two attached hydrogens (primary N) is 1. The molecule has 0 saturated carbocycles. The number of ether oxygens (including phenoxy) is 3. The number of esters is 1. The molecule has 25 heavy (non-hydrogen) atoms. The molecule has 0 amide bonds. The maximum absolute atomic E-state index is 12.1. The van der Waals surface area contributed by atoms with E-state index in [1.165, 1.54) is 14.2 Å². The number of nitrogens with zero attached hydrogens (tertiary/aromatic N) is 2. The van der Waals surface area contributed by atoms with Gasteiger partial charge in [0.2, 0.25) is 0 Å². The van der Waals surface area contributed by atoms with Crippen LogP contribution in [0, 0.1) is 0 Å². The van der Waals surface area contributed by atoms with E-state index in [1.54, 1.807) is 32.0 Å². The fraction of sp³-hybridized carbons (Fsp3) is 0.333. The van der Waals surface area contributed by atoms with E-state index in [4.69, 9.17) is 19.9 Å². The summed E-state index contributed by atoms with van der Waals surface area (Å²) in [7, 11) is 3.05. The molecular formula is C15H21N5O4S. The highest BCUT2D eigenvalue weighted by molar-refractivity contribution is 7.80. The van der Waals surface area contributed by atoms with Crippen LogP contribution < -0.4 is 26.1 Å². The van der Waals surface area contributed by atoms with E-state index in [2.05, 4.69) is 33.3 Å². The number of thiocarbonyl (C=S) groups is 1. The third kappa shape index (κ3) is 6.26. The molecule has 136 valence electrons. The van der Waals surface area contributed by atoms with Crippen LogP contribution in [0.4, 0.5) is 5.69 Å². The summed E-state index contributed by atoms with van der Waals surface area (Å²) in [6.45, 7) is 3.44. The molecule has 0 bridgehead atoms. The second kappa shape index (κ2) is 10.1. The molecule has 0 heterocycles. The quantitative estimate of drug-likeness (QED) is 0.272. The van der Waals surface area contributed by atoms with Crippen molar-refractivity contribution in [2.24, 2.45) is 15.9 Å². The van der Waals surface area contributed by atoms with Crippen LogP contribution in [-0.4, -0.2) is 43.3 Å². The summed E-state index contributed by atoms with van der Waals surface area (Å²) in [5, 5.41) is 7.93. The number of carbonyl (C=O) groups excluding carboxylic acids is 1. The molecule has 0 fully saturated rings. The van der Waals surface area contributed by atoms with Gasteiger partial charge in [0.15, 0.2) is 10.8 Å². The zero-order valence-corrected chi connectivity index (χ0v) is 15.3. The summed E-state index contributed by atoms with van der Waals surface area (Å²) < 4.78 is 15.4. The molecule has 4 N–H and O–H groups in total. The summed E-state index contributed by atoms with van der Waals surface area (Å²) in [4.78, 5) is 12.1. The van der Waals surface area contributed by atoms with Gasteiger partial charge in [-0.05, 0) is 38.2 Å². The van der Waals surface area contributed by atoms with E-state index in [-0.39, 0.29) is 23.1 Å². The highest BCUT2D eigenvalue weighted by atomic mass is 32.1. The van der Waals surface area contributed by atoms with Gasteiger partial charge in [0, 0.05) is 6.07 Å². The van der Waals surface area contributed by atoms with Gasteiger partial charge in [-0.1, -0.05) is 0 Å². The Balaban J connectivity index is 3.16. The Morgan fingerprint density at radius 2 is 2.00 bits per heavy atom. The van der Waals surface area contributed by atoms with Gasteiger partial charge in [0.05, 0.1) is 26.5 Å². The largest absolute Gasteiger partial charge is 0.497 e. The summed E-state index contributed by atoms with van der Waals surface area (Å²) in [5.41, 5.74) is 11.2. The lowest BCUT2D eigenvalue weighted by Crippen LogP contribution is -2.30. The highest BCUT2D eigenvalue weighted by Gasteiger charge is 2.17. The zero-order valence-electron chi connectivity index (χ0n) is 14.5. The first-order valence-corrected chi connectivity index (χ1v) is 7.66. The Hall–Kier alpha value is -2.88. The minimum Gasteiger partial charge on any atom is -0.497 e. The highest BCUT2D eigenvalue weighted by Crippen LogP contribution is 2.28. The smallest absolute Gasteiger partial charge is 0.360 e. The number of hydrogen-bond acceptors (Lipinski definition) is 8. The second-order valence-electron chi connectivity index (χ2n) is 4.53. The minimum absolute atomic E-state index is 0.0371. The SMILES string of the molecule is CCOC(=O)C(=N\Nc1cc(OC)ccc1OC)/C(C)=N/NC(N)=S. The van der Waals surface area contributed by atoms with Crippen LogP contribution in [0.2, 0.25) is 0 Å². The zero-order chi connectivity index (χ0) is 18.8. The molecule has 1 rings (SSSR count). The molecule has 0 aliphatic rings. The van der Waals surface area contributed by atoms with Crippen molar-refractivity contribution in [3.63, 3.8) is 0 Å². The molecule has 0 saturated heterocycles. The third-order valence-electron chi connectivity index (χ3n) is 2.84. The Morgan fingerprint density at radius 1 is 1.28 bits per heavy atom. The number of rotatable bonds is 8. The molecule has 1 aromatic rings. The number of benzene rings is 1. The molecule has 0 unspecified atom stereocenters. The van der Waals surface area contributed by atoms with Gasteiger partial charge in [-0.2, -0.15) is 10.2 Å². The van der Waals surface area contributed by atoms with Crippen LogP contribution in [-0.2, 0) is 9.53 Å². The van der Waals surface area contributed by atoms with E-state index in [0.29, 0.717) is 17.2 Å². The van der Waals surface area contributed by atoms with Crippen molar-refractivity contribution in [1.29, 1.82) is 0 Å². The average Bonchev–Trinajstić information content (AvgIpc) is 2.60. The number of anilines is 1. The monoisotopic (exact) mass is 367 g/mol. The van der Waals surface area contributed by atoms with Gasteiger partial charge in [0.1, 0.15) is 17.2 Å². The Labute approximate surface area is 151 Å². The van der Waals surface area contributed by atoms with Crippen molar-refractivity contribution < 1.29 is 19.0 Å². The summed E-state index contributed by atoms with van der Waals surface area (Å²) in [6.07, 6.45) is 0. The molecule has 0 spiro atoms. The molecule has 1 aromatic carbocycles. The van der Waals surface area contributed by atoms with Crippen molar-refractivity contribution in [1.82, 2.24) is 5.43 Å². The van der Waals surface area contributed by atoms with Gasteiger partial charge >= 0.3 is 5.97 Å². The number of hydrazone groups is 2. The first-order chi connectivity index (χ1) is 11.9. The van der Waals surface area contributed by atoms with E-state index in [1.807, 2.05) is 0 Å². The van der Waals surface area contributed by atoms with Crippen LogP contribution in [0.15, 0.2) is 28.4 Å². The molecule has 9 nitrogen and oxygen atoms in total. The number of carbonyl (C=O) groups is 1. The predicted molar refractivity (Wildman–Crippen MR) is 100 cm³/mol. The van der Waals surface area contributed by atoms with Gasteiger partial charge in [0.25, 0.3) is 0 Å². The van der Waals surface area contributed by atoms with Crippen LogP contribution in [0.5, 0.6) is 11.5 Å². The van der Waals surface area contributed by atoms with Crippen molar-refractivity contribution >= 4 is 40.4 Å². The molecule has 0 aromatic heterocycles. The average molecular weight is 367 g/mol. The molecule has 0 aliphatic heterocycles. The molecule has 0 atom stereocenters. The van der Waals surface area contributed by atoms with Gasteiger partial charge in [-0.15, -0.1) is 0 Å². The molecular weight excluding hydrogens is 346 g/mol. The van der Waals surface area contributed by atoms with E-state index in [9.17, 15) is 4.79 Å². The number of hydrogen-bond donors (Lipinski definition) is 3. The maximum Gasteiger partial charge on any atom is 0.360 e. The standard InChI is InChI=1S/C15H21N5O4S/c1-5-24-14(21)13(9(2)17-20-15(16)25)19-18-11-8-10(22-3)6-7-12(11)23-4/h6-8,18H,5H2,1-4H3,(H3,16,20,25)/b17-9+,19-13-. The first kappa shape index (κ1) is 20.2. The predicted octanol–water partition coefficient (Wildman–Crippen LogP) is 1.24. The fourth-order valence-corrected chi connectivity index (χ4v) is 1.73. The lowest BCUT2D eigenvalue weighted by molar-refractivity contribution is -0.134. The number of methoxy groups -OCH3 is 2. The lowest BCUT2D eigenvalue weighted by atomic mass is 10.2. The fourth-order valence-electron chi connectivity index (χ4n) is 1.68.